The normalized spacial score (nSPS) is 18.6. The fraction of sp³-hybridized carbons (Fsp3) is 0.438. The Balaban J connectivity index is 1.90. The van der Waals surface area contributed by atoms with Crippen LogP contribution in [-0.2, 0) is 13.0 Å². The van der Waals surface area contributed by atoms with Crippen LogP contribution in [0.4, 0.5) is 0 Å². The molecule has 1 aliphatic heterocycles. The summed E-state index contributed by atoms with van der Waals surface area (Å²) in [4.78, 5) is 4.74. The molecule has 0 bridgehead atoms. The first-order valence-electron chi connectivity index (χ1n) is 7.05. The third-order valence-corrected chi connectivity index (χ3v) is 3.90. The number of aryl methyl sites for hydroxylation is 1. The lowest BCUT2D eigenvalue weighted by Gasteiger charge is -2.19. The minimum absolute atomic E-state index is 0.276. The summed E-state index contributed by atoms with van der Waals surface area (Å²) in [5.41, 5.74) is 9.64. The van der Waals surface area contributed by atoms with Crippen LogP contribution in [0.15, 0.2) is 30.5 Å². The molecule has 3 nitrogen and oxygen atoms in total. The molecule has 2 aromatic rings. The van der Waals surface area contributed by atoms with E-state index >= 15 is 0 Å². The van der Waals surface area contributed by atoms with Crippen molar-refractivity contribution in [2.45, 2.75) is 45.2 Å². The minimum atomic E-state index is 0.276. The molecule has 2 N–H and O–H groups in total. The van der Waals surface area contributed by atoms with Gasteiger partial charge in [0.05, 0.1) is 5.69 Å². The molecular weight excluding hydrogens is 234 g/mol. The van der Waals surface area contributed by atoms with Crippen LogP contribution in [-0.4, -0.2) is 15.6 Å². The van der Waals surface area contributed by atoms with Crippen molar-refractivity contribution in [3.63, 3.8) is 0 Å². The fourth-order valence-corrected chi connectivity index (χ4v) is 2.65. The highest BCUT2D eigenvalue weighted by atomic mass is 15.1. The Labute approximate surface area is 114 Å². The maximum Gasteiger partial charge on any atom is 0.109 e. The SMILES string of the molecule is CC(C)c1ccc(-c2cn3c(n2)CCC(N)C3)cc1. The highest BCUT2D eigenvalue weighted by molar-refractivity contribution is 5.59. The molecule has 3 heteroatoms. The monoisotopic (exact) mass is 255 g/mol. The third-order valence-electron chi connectivity index (χ3n) is 3.90. The van der Waals surface area contributed by atoms with Crippen LogP contribution < -0.4 is 5.73 Å². The van der Waals surface area contributed by atoms with E-state index in [0.717, 1.165) is 25.1 Å². The number of hydrogen-bond donors (Lipinski definition) is 1. The Morgan fingerprint density at radius 3 is 2.68 bits per heavy atom. The molecule has 1 aromatic heterocycles. The van der Waals surface area contributed by atoms with E-state index in [2.05, 4.69) is 48.9 Å². The van der Waals surface area contributed by atoms with Crippen molar-refractivity contribution in [3.05, 3.63) is 41.9 Å². The average Bonchev–Trinajstić information content (AvgIpc) is 2.81. The maximum atomic E-state index is 6.00. The predicted octanol–water partition coefficient (Wildman–Crippen LogP) is 2.95. The molecule has 1 aromatic carbocycles. The van der Waals surface area contributed by atoms with Gasteiger partial charge in [-0.2, -0.15) is 0 Å². The lowest BCUT2D eigenvalue weighted by atomic mass is 10.0. The fourth-order valence-electron chi connectivity index (χ4n) is 2.65. The Morgan fingerprint density at radius 1 is 1.26 bits per heavy atom. The first kappa shape index (κ1) is 12.4. The summed E-state index contributed by atoms with van der Waals surface area (Å²) >= 11 is 0. The Hall–Kier alpha value is -1.61. The Kier molecular flexibility index (Phi) is 3.15. The number of aromatic nitrogens is 2. The number of nitrogens with zero attached hydrogens (tertiary/aromatic N) is 2. The molecule has 2 heterocycles. The van der Waals surface area contributed by atoms with E-state index in [1.54, 1.807) is 0 Å². The highest BCUT2D eigenvalue weighted by Gasteiger charge is 2.17. The predicted molar refractivity (Wildman–Crippen MR) is 78.0 cm³/mol. The molecule has 0 saturated heterocycles. The number of hydrogen-bond acceptors (Lipinski definition) is 2. The van der Waals surface area contributed by atoms with Gasteiger partial charge in [0.2, 0.25) is 0 Å². The van der Waals surface area contributed by atoms with Gasteiger partial charge < -0.3 is 10.3 Å². The topological polar surface area (TPSA) is 43.8 Å². The van der Waals surface area contributed by atoms with Crippen molar-refractivity contribution in [3.8, 4) is 11.3 Å². The summed E-state index contributed by atoms with van der Waals surface area (Å²) in [5, 5.41) is 0. The molecule has 3 rings (SSSR count). The first-order valence-corrected chi connectivity index (χ1v) is 7.05. The molecule has 0 fully saturated rings. The van der Waals surface area contributed by atoms with Crippen LogP contribution in [0.1, 0.15) is 37.6 Å². The largest absolute Gasteiger partial charge is 0.333 e. The van der Waals surface area contributed by atoms with Gasteiger partial charge in [0.1, 0.15) is 5.82 Å². The zero-order valence-electron chi connectivity index (χ0n) is 11.6. The summed E-state index contributed by atoms with van der Waals surface area (Å²) in [6.45, 7) is 5.32. The zero-order valence-corrected chi connectivity index (χ0v) is 11.6. The lowest BCUT2D eigenvalue weighted by molar-refractivity contribution is 0.453. The van der Waals surface area contributed by atoms with Gasteiger partial charge in [-0.05, 0) is 17.9 Å². The minimum Gasteiger partial charge on any atom is -0.333 e. The van der Waals surface area contributed by atoms with Crippen LogP contribution in [0.5, 0.6) is 0 Å². The second-order valence-corrected chi connectivity index (χ2v) is 5.77. The van der Waals surface area contributed by atoms with Crippen LogP contribution in [0.25, 0.3) is 11.3 Å². The summed E-state index contributed by atoms with van der Waals surface area (Å²) in [7, 11) is 0. The average molecular weight is 255 g/mol. The van der Waals surface area contributed by atoms with Crippen molar-refractivity contribution < 1.29 is 0 Å². The number of rotatable bonds is 2. The van der Waals surface area contributed by atoms with Gasteiger partial charge in [0.25, 0.3) is 0 Å². The molecule has 19 heavy (non-hydrogen) atoms. The molecule has 0 spiro atoms. The van der Waals surface area contributed by atoms with Crippen LogP contribution in [0, 0.1) is 0 Å². The van der Waals surface area contributed by atoms with Gasteiger partial charge in [-0.1, -0.05) is 38.1 Å². The van der Waals surface area contributed by atoms with E-state index in [1.165, 1.54) is 17.0 Å². The smallest absolute Gasteiger partial charge is 0.109 e. The molecule has 1 aliphatic rings. The molecule has 1 atom stereocenters. The Morgan fingerprint density at radius 2 is 2.00 bits per heavy atom. The van der Waals surface area contributed by atoms with Crippen molar-refractivity contribution in [1.82, 2.24) is 9.55 Å². The molecule has 1 unspecified atom stereocenters. The first-order chi connectivity index (χ1) is 9.13. The van der Waals surface area contributed by atoms with Gasteiger partial charge in [-0.3, -0.25) is 0 Å². The molecule has 0 saturated carbocycles. The molecule has 0 radical (unpaired) electrons. The summed E-state index contributed by atoms with van der Waals surface area (Å²) in [5.74, 6) is 1.74. The van der Waals surface area contributed by atoms with E-state index in [9.17, 15) is 0 Å². The second kappa shape index (κ2) is 4.82. The van der Waals surface area contributed by atoms with E-state index in [-0.39, 0.29) is 6.04 Å². The van der Waals surface area contributed by atoms with Gasteiger partial charge in [-0.25, -0.2) is 4.98 Å². The van der Waals surface area contributed by atoms with Gasteiger partial charge in [0, 0.05) is 30.8 Å². The van der Waals surface area contributed by atoms with Crippen LogP contribution in [0.3, 0.4) is 0 Å². The van der Waals surface area contributed by atoms with E-state index in [0.29, 0.717) is 5.92 Å². The van der Waals surface area contributed by atoms with Gasteiger partial charge in [0.15, 0.2) is 0 Å². The standard InChI is InChI=1S/C16H21N3/c1-11(2)12-3-5-13(6-4-12)15-10-19-9-14(17)7-8-16(19)18-15/h3-6,10-11,14H,7-9,17H2,1-2H3. The number of imidazole rings is 1. The Bertz CT molecular complexity index is 566. The summed E-state index contributed by atoms with van der Waals surface area (Å²) in [6, 6.07) is 9.01. The molecule has 0 aliphatic carbocycles. The summed E-state index contributed by atoms with van der Waals surface area (Å²) < 4.78 is 2.21. The van der Waals surface area contributed by atoms with E-state index < -0.39 is 0 Å². The van der Waals surface area contributed by atoms with Crippen LogP contribution in [0.2, 0.25) is 0 Å². The third kappa shape index (κ3) is 2.43. The van der Waals surface area contributed by atoms with E-state index in [4.69, 9.17) is 10.7 Å². The highest BCUT2D eigenvalue weighted by Crippen LogP contribution is 2.24. The molecular formula is C16H21N3. The van der Waals surface area contributed by atoms with Crippen molar-refractivity contribution in [2.75, 3.05) is 0 Å². The van der Waals surface area contributed by atoms with Gasteiger partial charge in [-0.15, -0.1) is 0 Å². The summed E-state index contributed by atoms with van der Waals surface area (Å²) in [6.07, 6.45) is 4.17. The number of benzene rings is 1. The molecule has 100 valence electrons. The number of fused-ring (bicyclic) bond motifs is 1. The quantitative estimate of drug-likeness (QED) is 0.896. The van der Waals surface area contributed by atoms with Crippen molar-refractivity contribution in [2.24, 2.45) is 5.73 Å². The zero-order chi connectivity index (χ0) is 13.4. The van der Waals surface area contributed by atoms with Crippen molar-refractivity contribution >= 4 is 0 Å². The molecule has 0 amide bonds. The maximum absolute atomic E-state index is 6.00. The van der Waals surface area contributed by atoms with Crippen molar-refractivity contribution in [1.29, 1.82) is 0 Å². The lowest BCUT2D eigenvalue weighted by Crippen LogP contribution is -2.31. The van der Waals surface area contributed by atoms with E-state index in [1.807, 2.05) is 0 Å². The second-order valence-electron chi connectivity index (χ2n) is 5.77. The number of nitrogens with two attached hydrogens (primary N) is 1. The van der Waals surface area contributed by atoms with Crippen LogP contribution >= 0.6 is 0 Å². The van der Waals surface area contributed by atoms with Gasteiger partial charge >= 0.3 is 0 Å².